The molecule has 0 spiro atoms. The van der Waals surface area contributed by atoms with Gasteiger partial charge < -0.3 is 15.2 Å². The van der Waals surface area contributed by atoms with E-state index in [1.54, 1.807) is 6.92 Å². The summed E-state index contributed by atoms with van der Waals surface area (Å²) < 4.78 is 5.18. The second-order valence-corrected chi connectivity index (χ2v) is 5.07. The molecule has 6 heteroatoms. The summed E-state index contributed by atoms with van der Waals surface area (Å²) in [4.78, 5) is 22.0. The Bertz CT molecular complexity index is 253. The Labute approximate surface area is 98.9 Å². The predicted octanol–water partition coefficient (Wildman–Crippen LogP) is 0.488. The molecule has 16 heavy (non-hydrogen) atoms. The molecule has 1 rings (SSSR count). The third-order valence-corrected chi connectivity index (χ3v) is 3.53. The van der Waals surface area contributed by atoms with Gasteiger partial charge in [0.2, 0.25) is 5.91 Å². The van der Waals surface area contributed by atoms with E-state index in [4.69, 9.17) is 9.84 Å². The molecule has 1 heterocycles. The van der Waals surface area contributed by atoms with Crippen LogP contribution in [0.25, 0.3) is 0 Å². The van der Waals surface area contributed by atoms with Crippen molar-refractivity contribution in [3.05, 3.63) is 0 Å². The fraction of sp³-hybridized carbons (Fsp3) is 0.800. The minimum atomic E-state index is -0.885. The molecule has 1 aliphatic heterocycles. The molecule has 1 unspecified atom stereocenters. The molecule has 0 saturated carbocycles. The van der Waals surface area contributed by atoms with E-state index in [0.717, 1.165) is 24.6 Å². The third-order valence-electron chi connectivity index (χ3n) is 2.40. The van der Waals surface area contributed by atoms with E-state index >= 15 is 0 Å². The molecule has 0 aromatic carbocycles. The molecular weight excluding hydrogens is 230 g/mol. The summed E-state index contributed by atoms with van der Waals surface area (Å²) in [5, 5.41) is 11.0. The molecule has 1 atom stereocenters. The van der Waals surface area contributed by atoms with Crippen molar-refractivity contribution >= 4 is 23.6 Å². The Hall–Kier alpha value is -0.750. The summed E-state index contributed by atoms with van der Waals surface area (Å²) in [6, 6.07) is 0.182. The number of rotatable bonds is 5. The lowest BCUT2D eigenvalue weighted by Gasteiger charge is -2.23. The highest BCUT2D eigenvalue weighted by Gasteiger charge is 2.18. The first-order chi connectivity index (χ1) is 7.59. The van der Waals surface area contributed by atoms with Gasteiger partial charge in [-0.05, 0) is 19.8 Å². The number of hydrogen-bond donors (Lipinski definition) is 2. The van der Waals surface area contributed by atoms with Crippen LogP contribution in [0.15, 0.2) is 0 Å². The highest BCUT2D eigenvalue weighted by atomic mass is 32.2. The van der Waals surface area contributed by atoms with Crippen LogP contribution in [-0.4, -0.2) is 47.2 Å². The minimum Gasteiger partial charge on any atom is -0.480 e. The standard InChI is InChI=1S/C10H17NO4S/c1-7(10(13)14)16-6-9(12)11-8-2-4-15-5-3-8/h7-8H,2-6H2,1H3,(H,11,12)(H,13,14). The first kappa shape index (κ1) is 13.3. The van der Waals surface area contributed by atoms with E-state index in [-0.39, 0.29) is 17.7 Å². The lowest BCUT2D eigenvalue weighted by atomic mass is 10.1. The molecule has 92 valence electrons. The maximum absolute atomic E-state index is 11.5. The fourth-order valence-corrected chi connectivity index (χ4v) is 2.01. The second-order valence-electron chi connectivity index (χ2n) is 3.75. The maximum atomic E-state index is 11.5. The topological polar surface area (TPSA) is 75.6 Å². The average Bonchev–Trinajstić information content (AvgIpc) is 2.27. The molecule has 1 amide bonds. The molecular formula is C10H17NO4S. The van der Waals surface area contributed by atoms with Gasteiger partial charge in [0.1, 0.15) is 0 Å². The zero-order valence-electron chi connectivity index (χ0n) is 9.27. The van der Waals surface area contributed by atoms with Gasteiger partial charge in [0, 0.05) is 19.3 Å². The molecule has 1 saturated heterocycles. The average molecular weight is 247 g/mol. The van der Waals surface area contributed by atoms with Gasteiger partial charge in [-0.3, -0.25) is 9.59 Å². The summed E-state index contributed by atoms with van der Waals surface area (Å²) in [6.45, 7) is 2.95. The molecule has 0 bridgehead atoms. The highest BCUT2D eigenvalue weighted by Crippen LogP contribution is 2.11. The number of amides is 1. The summed E-state index contributed by atoms with van der Waals surface area (Å²) >= 11 is 1.14. The molecule has 0 aliphatic carbocycles. The number of carboxylic acid groups (broad SMARTS) is 1. The quantitative estimate of drug-likeness (QED) is 0.739. The van der Waals surface area contributed by atoms with E-state index in [1.165, 1.54) is 0 Å². The lowest BCUT2D eigenvalue weighted by Crippen LogP contribution is -2.40. The lowest BCUT2D eigenvalue weighted by molar-refractivity contribution is -0.136. The van der Waals surface area contributed by atoms with Crippen LogP contribution in [0, 0.1) is 0 Å². The minimum absolute atomic E-state index is 0.0926. The van der Waals surface area contributed by atoms with Gasteiger partial charge >= 0.3 is 5.97 Å². The number of carboxylic acids is 1. The molecule has 0 aromatic heterocycles. The SMILES string of the molecule is CC(SCC(=O)NC1CCOCC1)C(=O)O. The van der Waals surface area contributed by atoms with Gasteiger partial charge in [-0.2, -0.15) is 0 Å². The van der Waals surface area contributed by atoms with Gasteiger partial charge in [0.05, 0.1) is 11.0 Å². The molecule has 1 fully saturated rings. The molecule has 1 aliphatic rings. The van der Waals surface area contributed by atoms with E-state index in [9.17, 15) is 9.59 Å². The van der Waals surface area contributed by atoms with E-state index < -0.39 is 11.2 Å². The van der Waals surface area contributed by atoms with Gasteiger partial charge in [-0.25, -0.2) is 0 Å². The van der Waals surface area contributed by atoms with Gasteiger partial charge in [-0.1, -0.05) is 0 Å². The Balaban J connectivity index is 2.17. The summed E-state index contributed by atoms with van der Waals surface area (Å²) in [5.41, 5.74) is 0. The van der Waals surface area contributed by atoms with Gasteiger partial charge in [0.15, 0.2) is 0 Å². The van der Waals surface area contributed by atoms with Crippen molar-refractivity contribution in [2.75, 3.05) is 19.0 Å². The third kappa shape index (κ3) is 4.85. The summed E-state index contributed by atoms with van der Waals surface area (Å²) in [6.07, 6.45) is 1.68. The molecule has 0 aromatic rings. The van der Waals surface area contributed by atoms with Crippen LogP contribution in [0.3, 0.4) is 0 Å². The van der Waals surface area contributed by atoms with Crippen LogP contribution in [0.2, 0.25) is 0 Å². The smallest absolute Gasteiger partial charge is 0.316 e. The van der Waals surface area contributed by atoms with Crippen molar-refractivity contribution in [3.8, 4) is 0 Å². The maximum Gasteiger partial charge on any atom is 0.316 e. The fourth-order valence-electron chi connectivity index (χ4n) is 1.38. The molecule has 0 radical (unpaired) electrons. The van der Waals surface area contributed by atoms with Crippen LogP contribution in [0.1, 0.15) is 19.8 Å². The van der Waals surface area contributed by atoms with Crippen LogP contribution < -0.4 is 5.32 Å². The Morgan fingerprint density at radius 3 is 2.69 bits per heavy atom. The van der Waals surface area contributed by atoms with Crippen molar-refractivity contribution in [2.24, 2.45) is 0 Å². The van der Waals surface area contributed by atoms with Gasteiger partial charge in [-0.15, -0.1) is 11.8 Å². The van der Waals surface area contributed by atoms with Crippen molar-refractivity contribution in [1.82, 2.24) is 5.32 Å². The van der Waals surface area contributed by atoms with E-state index in [0.29, 0.717) is 13.2 Å². The number of carbonyl (C=O) groups is 2. The first-order valence-corrected chi connectivity index (χ1v) is 6.36. The van der Waals surface area contributed by atoms with Gasteiger partial charge in [0.25, 0.3) is 0 Å². The Morgan fingerprint density at radius 2 is 2.12 bits per heavy atom. The van der Waals surface area contributed by atoms with Crippen LogP contribution in [0.4, 0.5) is 0 Å². The summed E-state index contributed by atoms with van der Waals surface area (Å²) in [5.74, 6) is -0.779. The number of ether oxygens (including phenoxy) is 1. The van der Waals surface area contributed by atoms with E-state index in [1.807, 2.05) is 0 Å². The number of hydrogen-bond acceptors (Lipinski definition) is 4. The highest BCUT2D eigenvalue weighted by molar-refractivity contribution is 8.01. The van der Waals surface area contributed by atoms with Crippen LogP contribution in [-0.2, 0) is 14.3 Å². The number of thioether (sulfide) groups is 1. The van der Waals surface area contributed by atoms with Crippen molar-refractivity contribution in [2.45, 2.75) is 31.1 Å². The molecule has 2 N–H and O–H groups in total. The zero-order chi connectivity index (χ0) is 12.0. The summed E-state index contributed by atoms with van der Waals surface area (Å²) in [7, 11) is 0. The monoisotopic (exact) mass is 247 g/mol. The number of carbonyl (C=O) groups excluding carboxylic acids is 1. The van der Waals surface area contributed by atoms with Crippen molar-refractivity contribution in [1.29, 1.82) is 0 Å². The normalized spacial score (nSPS) is 19.1. The Kier molecular flexibility index (Phi) is 5.62. The number of nitrogens with one attached hydrogen (secondary N) is 1. The predicted molar refractivity (Wildman–Crippen MR) is 61.5 cm³/mol. The largest absolute Gasteiger partial charge is 0.480 e. The Morgan fingerprint density at radius 1 is 1.50 bits per heavy atom. The number of aliphatic carboxylic acids is 1. The molecule has 5 nitrogen and oxygen atoms in total. The zero-order valence-corrected chi connectivity index (χ0v) is 10.1. The van der Waals surface area contributed by atoms with Crippen molar-refractivity contribution < 1.29 is 19.4 Å². The van der Waals surface area contributed by atoms with E-state index in [2.05, 4.69) is 5.32 Å². The second kappa shape index (κ2) is 6.75. The van der Waals surface area contributed by atoms with Crippen LogP contribution >= 0.6 is 11.8 Å². The first-order valence-electron chi connectivity index (χ1n) is 5.31. The van der Waals surface area contributed by atoms with Crippen LogP contribution in [0.5, 0.6) is 0 Å². The van der Waals surface area contributed by atoms with Crippen molar-refractivity contribution in [3.63, 3.8) is 0 Å².